The summed E-state index contributed by atoms with van der Waals surface area (Å²) in [5.41, 5.74) is -8.89. The second kappa shape index (κ2) is 16.4. The summed E-state index contributed by atoms with van der Waals surface area (Å²) >= 11 is 0. The van der Waals surface area contributed by atoms with Gasteiger partial charge in [-0.1, -0.05) is 45.9 Å². The minimum atomic E-state index is -2.35. The zero-order chi connectivity index (χ0) is 47.1. The highest BCUT2D eigenvalue weighted by molar-refractivity contribution is 5.96. The first-order valence-electron chi connectivity index (χ1n) is 21.8. The predicted octanol–water partition coefficient (Wildman–Crippen LogP) is 4.05. The Bertz CT molecular complexity index is 2120. The molecule has 64 heavy (non-hydrogen) atoms. The molecule has 1 spiro atoms. The molecule has 0 aromatic heterocycles. The van der Waals surface area contributed by atoms with E-state index in [1.54, 1.807) is 66.7 Å². The summed E-state index contributed by atoms with van der Waals surface area (Å²) in [5.74, 6) is -7.00. The highest BCUT2D eigenvalue weighted by atomic mass is 16.8. The summed E-state index contributed by atoms with van der Waals surface area (Å²) in [4.78, 5) is 98.7. The number of aliphatic hydroxyl groups is 2. The normalized spacial score (nSPS) is 34.7. The van der Waals surface area contributed by atoms with Gasteiger partial charge in [0.1, 0.15) is 11.7 Å². The van der Waals surface area contributed by atoms with Gasteiger partial charge in [-0.3, -0.25) is 14.4 Å². The number of amides is 1. The van der Waals surface area contributed by atoms with Crippen molar-refractivity contribution in [3.8, 4) is 0 Å². The van der Waals surface area contributed by atoms with Gasteiger partial charge in [0.25, 0.3) is 0 Å². The standard InChI is InChI=1S/C46H59NO17/c1-21(2)18-26(47-40(55)63-42(5,6)7)30(50)39(54)58-31-22(3)29-32(59-37(52)25-16-17-25)34(51)44(10)27(49)19-28-45(20-57-28,62-23(4)48)33(44)36(60-38(53)24-14-12-11-13-15-24)46(43(29,8)9)35(31)61-41(56)64-46/h11-15,21,25-28,30-33,35-36,49-50H,16-20H2,1-10H3,(H,47,55)/t26-,27-,28+,30+,31+,32+,33?,35-,36-,44+,45-,46+/m0/s1. The van der Waals surface area contributed by atoms with Crippen LogP contribution in [-0.4, -0.2) is 124 Å². The van der Waals surface area contributed by atoms with Crippen molar-refractivity contribution in [3.63, 3.8) is 0 Å². The number of rotatable bonds is 11. The molecular formula is C46H59NO17. The maximum atomic E-state index is 15.8. The van der Waals surface area contributed by atoms with Crippen molar-refractivity contribution < 1.29 is 81.7 Å². The summed E-state index contributed by atoms with van der Waals surface area (Å²) in [5, 5.41) is 26.5. The average Bonchev–Trinajstić information content (AvgIpc) is 3.99. The number of ether oxygens (including phenoxy) is 8. The van der Waals surface area contributed by atoms with E-state index >= 15 is 4.79 Å². The minimum absolute atomic E-state index is 0.0138. The highest BCUT2D eigenvalue weighted by Gasteiger charge is 2.83. The summed E-state index contributed by atoms with van der Waals surface area (Å²) in [6.07, 6.45) is -13.4. The van der Waals surface area contributed by atoms with Crippen molar-refractivity contribution in [3.05, 3.63) is 47.0 Å². The molecule has 6 aliphatic rings. The van der Waals surface area contributed by atoms with Crippen LogP contribution in [0.1, 0.15) is 105 Å². The monoisotopic (exact) mass is 897 g/mol. The molecule has 1 amide bonds. The van der Waals surface area contributed by atoms with Gasteiger partial charge in [-0.2, -0.15) is 0 Å². The van der Waals surface area contributed by atoms with E-state index in [-0.39, 0.29) is 42.1 Å². The molecule has 12 atom stereocenters. The predicted molar refractivity (Wildman–Crippen MR) is 219 cm³/mol. The highest BCUT2D eigenvalue weighted by Crippen LogP contribution is 2.67. The van der Waals surface area contributed by atoms with Crippen molar-refractivity contribution in [1.29, 1.82) is 0 Å². The molecule has 0 radical (unpaired) electrons. The lowest BCUT2D eigenvalue weighted by molar-refractivity contribution is -0.345. The summed E-state index contributed by atoms with van der Waals surface area (Å²) < 4.78 is 48.8. The minimum Gasteiger partial charge on any atom is -0.454 e. The van der Waals surface area contributed by atoms with Crippen LogP contribution in [0.4, 0.5) is 9.59 Å². The Morgan fingerprint density at radius 2 is 1.64 bits per heavy atom. The largest absolute Gasteiger partial charge is 0.509 e. The number of carbonyl (C=O) groups is 7. The van der Waals surface area contributed by atoms with Crippen LogP contribution >= 0.6 is 0 Å². The van der Waals surface area contributed by atoms with Crippen LogP contribution in [-0.2, 0) is 57.1 Å². The molecule has 18 heteroatoms. The molecule has 18 nitrogen and oxygen atoms in total. The third kappa shape index (κ3) is 7.72. The van der Waals surface area contributed by atoms with Gasteiger partial charge in [-0.25, -0.2) is 19.2 Å². The molecule has 2 bridgehead atoms. The third-order valence-electron chi connectivity index (χ3n) is 13.8. The number of ketones is 1. The maximum Gasteiger partial charge on any atom is 0.509 e. The molecule has 2 aliphatic heterocycles. The van der Waals surface area contributed by atoms with Crippen molar-refractivity contribution in [2.24, 2.45) is 28.6 Å². The maximum absolute atomic E-state index is 15.8. The van der Waals surface area contributed by atoms with Gasteiger partial charge in [0.05, 0.1) is 41.6 Å². The summed E-state index contributed by atoms with van der Waals surface area (Å²) in [7, 11) is 0. The first-order chi connectivity index (χ1) is 29.8. The molecule has 1 aromatic carbocycles. The number of alkyl carbamates (subject to hydrolysis) is 1. The zero-order valence-corrected chi connectivity index (χ0v) is 37.8. The van der Waals surface area contributed by atoms with E-state index in [1.807, 2.05) is 0 Å². The van der Waals surface area contributed by atoms with Crippen molar-refractivity contribution in [2.45, 2.75) is 160 Å². The Balaban J connectivity index is 1.46. The van der Waals surface area contributed by atoms with Gasteiger partial charge in [0.2, 0.25) is 5.60 Å². The van der Waals surface area contributed by atoms with E-state index in [4.69, 9.17) is 37.9 Å². The molecule has 2 saturated heterocycles. The molecule has 7 rings (SSSR count). The number of benzene rings is 1. The number of hydrogen-bond acceptors (Lipinski definition) is 17. The van der Waals surface area contributed by atoms with Gasteiger partial charge < -0.3 is 53.4 Å². The molecule has 2 heterocycles. The lowest BCUT2D eigenvalue weighted by Gasteiger charge is -2.67. The number of carbonyl (C=O) groups excluding carboxylic acids is 7. The van der Waals surface area contributed by atoms with E-state index in [9.17, 15) is 39.0 Å². The van der Waals surface area contributed by atoms with E-state index in [0.29, 0.717) is 12.8 Å². The van der Waals surface area contributed by atoms with E-state index in [1.165, 1.54) is 26.0 Å². The smallest absolute Gasteiger partial charge is 0.454 e. The van der Waals surface area contributed by atoms with E-state index in [0.717, 1.165) is 6.92 Å². The zero-order valence-electron chi connectivity index (χ0n) is 37.8. The second-order valence-electron chi connectivity index (χ2n) is 20.1. The number of aliphatic hydroxyl groups excluding tert-OH is 2. The first kappa shape index (κ1) is 46.9. The average molecular weight is 898 g/mol. The fraction of sp³-hybridized carbons (Fsp3) is 0.674. The van der Waals surface area contributed by atoms with Crippen LogP contribution in [0, 0.1) is 28.6 Å². The van der Waals surface area contributed by atoms with Crippen LogP contribution in [0.2, 0.25) is 0 Å². The molecular weight excluding hydrogens is 838 g/mol. The van der Waals surface area contributed by atoms with Gasteiger partial charge in [0, 0.05) is 18.8 Å². The molecule has 350 valence electrons. The summed E-state index contributed by atoms with van der Waals surface area (Å²) in [6.45, 7) is 15.4. The van der Waals surface area contributed by atoms with E-state index < -0.39 is 130 Å². The number of esters is 4. The van der Waals surface area contributed by atoms with Crippen molar-refractivity contribution >= 4 is 41.9 Å². The van der Waals surface area contributed by atoms with Crippen molar-refractivity contribution in [2.75, 3.05) is 6.61 Å². The number of hydrogen-bond donors (Lipinski definition) is 3. The Labute approximate surface area is 370 Å². The lowest BCUT2D eigenvalue weighted by Crippen LogP contribution is -2.83. The Morgan fingerprint density at radius 3 is 2.20 bits per heavy atom. The van der Waals surface area contributed by atoms with Crippen molar-refractivity contribution in [1.82, 2.24) is 5.32 Å². The lowest BCUT2D eigenvalue weighted by atomic mass is 9.44. The van der Waals surface area contributed by atoms with Gasteiger partial charge in [-0.05, 0) is 83.1 Å². The van der Waals surface area contributed by atoms with Crippen LogP contribution in [0.15, 0.2) is 41.5 Å². The first-order valence-corrected chi connectivity index (χ1v) is 21.8. The third-order valence-corrected chi connectivity index (χ3v) is 13.8. The summed E-state index contributed by atoms with van der Waals surface area (Å²) in [6, 6.07) is 6.52. The fourth-order valence-electron chi connectivity index (χ4n) is 10.7. The molecule has 4 aliphatic carbocycles. The van der Waals surface area contributed by atoms with Gasteiger partial charge >= 0.3 is 36.1 Å². The molecule has 3 saturated carbocycles. The number of nitrogens with one attached hydrogen (secondary N) is 1. The Hall–Kier alpha value is -5.07. The van der Waals surface area contributed by atoms with E-state index in [2.05, 4.69) is 5.32 Å². The Kier molecular flexibility index (Phi) is 12.0. The fourth-order valence-corrected chi connectivity index (χ4v) is 10.7. The van der Waals surface area contributed by atoms with Crippen LogP contribution in [0.3, 0.4) is 0 Å². The quantitative estimate of drug-likeness (QED) is 0.161. The molecule has 5 fully saturated rings. The SMILES string of the molecule is CC(=O)O[C@@]12CO[C@@H]1C[C@H](O)[C@@]1(C)C(=O)[C@H](OC(=O)C3CC3)C3=C(C)[C@@H](OC(=O)[C@H](O)[C@H](CC(C)C)NC(=O)OC(C)(C)C)[C@@H]4OC(=O)O[C@]4([C@@H](OC(=O)c4ccccc4)C12)C3(C)C. The topological polar surface area (TPSA) is 246 Å². The van der Waals surface area contributed by atoms with Crippen LogP contribution in [0.5, 0.6) is 0 Å². The van der Waals surface area contributed by atoms with Crippen LogP contribution in [0.25, 0.3) is 0 Å². The molecule has 1 unspecified atom stereocenters. The number of fused-ring (bicyclic) bond motifs is 4. The van der Waals surface area contributed by atoms with Gasteiger partial charge in [0.15, 0.2) is 41.9 Å². The molecule has 1 aromatic rings. The van der Waals surface area contributed by atoms with Crippen LogP contribution < -0.4 is 5.32 Å². The molecule has 3 N–H and O–H groups in total. The Morgan fingerprint density at radius 1 is 0.984 bits per heavy atom. The second-order valence-corrected chi connectivity index (χ2v) is 20.1. The number of Topliss-reactive ketones (excluding diaryl/α,β-unsaturated/α-hetero) is 1. The van der Waals surface area contributed by atoms with Gasteiger partial charge in [-0.15, -0.1) is 0 Å².